The lowest BCUT2D eigenvalue weighted by Gasteiger charge is -2.34. The SMILES string of the molecule is Cc1ccc(-c2cccc3ccc(N4CCN(S(=O)(=O)c5cccc(F)c5)CC4)nc23)cc1. The highest BCUT2D eigenvalue weighted by molar-refractivity contribution is 7.89. The van der Waals surface area contributed by atoms with Crippen LogP contribution in [0.15, 0.2) is 83.8 Å². The van der Waals surface area contributed by atoms with Gasteiger partial charge >= 0.3 is 0 Å². The molecule has 1 aliphatic heterocycles. The van der Waals surface area contributed by atoms with E-state index in [0.29, 0.717) is 26.2 Å². The predicted molar refractivity (Wildman–Crippen MR) is 129 cm³/mol. The normalized spacial score (nSPS) is 15.2. The van der Waals surface area contributed by atoms with Gasteiger partial charge in [-0.05, 0) is 42.8 Å². The molecule has 0 unspecified atom stereocenters. The zero-order valence-electron chi connectivity index (χ0n) is 18.3. The fourth-order valence-electron chi connectivity index (χ4n) is 4.21. The molecule has 5 nitrogen and oxygen atoms in total. The zero-order valence-corrected chi connectivity index (χ0v) is 19.1. The lowest BCUT2D eigenvalue weighted by atomic mass is 10.0. The molecule has 0 spiro atoms. The van der Waals surface area contributed by atoms with Gasteiger partial charge in [-0.1, -0.05) is 54.1 Å². The summed E-state index contributed by atoms with van der Waals surface area (Å²) in [4.78, 5) is 7.05. The molecule has 5 rings (SSSR count). The number of pyridine rings is 1. The van der Waals surface area contributed by atoms with Crippen LogP contribution < -0.4 is 4.90 Å². The average Bonchev–Trinajstić information content (AvgIpc) is 2.84. The average molecular weight is 462 g/mol. The van der Waals surface area contributed by atoms with Gasteiger partial charge in [-0.25, -0.2) is 17.8 Å². The van der Waals surface area contributed by atoms with E-state index < -0.39 is 15.8 Å². The van der Waals surface area contributed by atoms with Crippen LogP contribution in [-0.2, 0) is 10.0 Å². The summed E-state index contributed by atoms with van der Waals surface area (Å²) in [5.41, 5.74) is 4.32. The second kappa shape index (κ2) is 8.57. The highest BCUT2D eigenvalue weighted by atomic mass is 32.2. The van der Waals surface area contributed by atoms with Crippen LogP contribution in [0.2, 0.25) is 0 Å². The van der Waals surface area contributed by atoms with Crippen LogP contribution in [0.25, 0.3) is 22.0 Å². The van der Waals surface area contributed by atoms with Gasteiger partial charge < -0.3 is 4.90 Å². The number of hydrogen-bond acceptors (Lipinski definition) is 4. The maximum atomic E-state index is 13.6. The lowest BCUT2D eigenvalue weighted by Crippen LogP contribution is -2.48. The second-order valence-corrected chi connectivity index (χ2v) is 10.2. The Kier molecular flexibility index (Phi) is 5.60. The number of aromatic nitrogens is 1. The molecule has 0 atom stereocenters. The molecule has 0 amide bonds. The maximum Gasteiger partial charge on any atom is 0.243 e. The van der Waals surface area contributed by atoms with E-state index in [-0.39, 0.29) is 4.90 Å². The van der Waals surface area contributed by atoms with Gasteiger partial charge in [0.15, 0.2) is 0 Å². The van der Waals surface area contributed by atoms with Crippen molar-refractivity contribution >= 4 is 26.7 Å². The Bertz CT molecular complexity index is 1410. The first-order valence-corrected chi connectivity index (χ1v) is 12.3. The molecule has 0 radical (unpaired) electrons. The van der Waals surface area contributed by atoms with E-state index in [2.05, 4.69) is 48.2 Å². The first kappa shape index (κ1) is 21.6. The summed E-state index contributed by atoms with van der Waals surface area (Å²) in [5, 5.41) is 1.06. The van der Waals surface area contributed by atoms with E-state index >= 15 is 0 Å². The Morgan fingerprint density at radius 2 is 1.58 bits per heavy atom. The Morgan fingerprint density at radius 1 is 0.848 bits per heavy atom. The number of para-hydroxylation sites is 1. The van der Waals surface area contributed by atoms with Crippen molar-refractivity contribution in [2.75, 3.05) is 31.1 Å². The molecular formula is C26H24FN3O2S. The third kappa shape index (κ3) is 4.21. The maximum absolute atomic E-state index is 13.6. The molecule has 0 N–H and O–H groups in total. The molecule has 1 fully saturated rings. The molecule has 168 valence electrons. The van der Waals surface area contributed by atoms with Crippen molar-refractivity contribution < 1.29 is 12.8 Å². The summed E-state index contributed by atoms with van der Waals surface area (Å²) in [6.45, 7) is 3.73. The number of aryl methyl sites for hydroxylation is 1. The molecule has 4 aromatic rings. The molecule has 0 aliphatic carbocycles. The molecule has 0 saturated carbocycles. The van der Waals surface area contributed by atoms with Gasteiger partial charge in [0.25, 0.3) is 0 Å². The highest BCUT2D eigenvalue weighted by Gasteiger charge is 2.29. The minimum atomic E-state index is -3.72. The van der Waals surface area contributed by atoms with Crippen LogP contribution in [0, 0.1) is 12.7 Å². The lowest BCUT2D eigenvalue weighted by molar-refractivity contribution is 0.383. The molecule has 0 bridgehead atoms. The number of benzene rings is 3. The fraction of sp³-hybridized carbons (Fsp3) is 0.192. The Morgan fingerprint density at radius 3 is 2.30 bits per heavy atom. The Hall–Kier alpha value is -3.29. The molecular weight excluding hydrogens is 437 g/mol. The first-order valence-electron chi connectivity index (χ1n) is 10.9. The van der Waals surface area contributed by atoms with E-state index in [4.69, 9.17) is 4.98 Å². The van der Waals surface area contributed by atoms with Gasteiger partial charge in [0, 0.05) is 37.1 Å². The summed E-state index contributed by atoms with van der Waals surface area (Å²) < 4.78 is 40.8. The van der Waals surface area contributed by atoms with Crippen LogP contribution in [0.5, 0.6) is 0 Å². The van der Waals surface area contributed by atoms with E-state index in [1.807, 2.05) is 18.2 Å². The molecule has 1 saturated heterocycles. The largest absolute Gasteiger partial charge is 0.354 e. The number of nitrogens with zero attached hydrogens (tertiary/aromatic N) is 3. The summed E-state index contributed by atoms with van der Waals surface area (Å²) >= 11 is 0. The number of hydrogen-bond donors (Lipinski definition) is 0. The van der Waals surface area contributed by atoms with E-state index in [0.717, 1.165) is 33.9 Å². The van der Waals surface area contributed by atoms with Crippen LogP contribution in [0.1, 0.15) is 5.56 Å². The van der Waals surface area contributed by atoms with E-state index in [9.17, 15) is 12.8 Å². The van der Waals surface area contributed by atoms with Gasteiger partial charge in [-0.2, -0.15) is 4.31 Å². The minimum Gasteiger partial charge on any atom is -0.354 e. The predicted octanol–water partition coefficient (Wildman–Crippen LogP) is 4.86. The van der Waals surface area contributed by atoms with Crippen molar-refractivity contribution in [1.29, 1.82) is 0 Å². The van der Waals surface area contributed by atoms with Crippen LogP contribution >= 0.6 is 0 Å². The molecule has 2 heterocycles. The summed E-state index contributed by atoms with van der Waals surface area (Å²) in [5.74, 6) is 0.268. The second-order valence-electron chi connectivity index (χ2n) is 8.26. The van der Waals surface area contributed by atoms with Gasteiger partial charge in [-0.3, -0.25) is 0 Å². The number of anilines is 1. The van der Waals surface area contributed by atoms with Crippen molar-refractivity contribution in [3.05, 3.63) is 90.2 Å². The van der Waals surface area contributed by atoms with Gasteiger partial charge in [0.05, 0.1) is 10.4 Å². The molecule has 33 heavy (non-hydrogen) atoms. The quantitative estimate of drug-likeness (QED) is 0.436. The van der Waals surface area contributed by atoms with Crippen LogP contribution in [0.3, 0.4) is 0 Å². The van der Waals surface area contributed by atoms with Gasteiger partial charge in [-0.15, -0.1) is 0 Å². The molecule has 1 aliphatic rings. The summed E-state index contributed by atoms with van der Waals surface area (Å²) in [6.07, 6.45) is 0. The molecule has 1 aromatic heterocycles. The van der Waals surface area contributed by atoms with E-state index in [1.165, 1.54) is 28.1 Å². The number of sulfonamides is 1. The fourth-order valence-corrected chi connectivity index (χ4v) is 5.67. The van der Waals surface area contributed by atoms with Gasteiger partial charge in [0.1, 0.15) is 11.6 Å². The number of fused-ring (bicyclic) bond motifs is 1. The van der Waals surface area contributed by atoms with Crippen molar-refractivity contribution in [2.45, 2.75) is 11.8 Å². The summed E-state index contributed by atoms with van der Waals surface area (Å²) in [7, 11) is -3.72. The van der Waals surface area contributed by atoms with Crippen molar-refractivity contribution in [3.8, 4) is 11.1 Å². The highest BCUT2D eigenvalue weighted by Crippen LogP contribution is 2.30. The van der Waals surface area contributed by atoms with Crippen molar-refractivity contribution in [3.63, 3.8) is 0 Å². The Labute approximate surface area is 193 Å². The molecule has 3 aromatic carbocycles. The number of rotatable bonds is 4. The summed E-state index contributed by atoms with van der Waals surface area (Å²) in [6, 6.07) is 23.8. The van der Waals surface area contributed by atoms with E-state index in [1.54, 1.807) is 0 Å². The topological polar surface area (TPSA) is 53.5 Å². The van der Waals surface area contributed by atoms with Crippen molar-refractivity contribution in [1.82, 2.24) is 9.29 Å². The minimum absolute atomic E-state index is 0.0116. The van der Waals surface area contributed by atoms with Crippen molar-refractivity contribution in [2.24, 2.45) is 0 Å². The Balaban J connectivity index is 1.40. The monoisotopic (exact) mass is 461 g/mol. The third-order valence-electron chi connectivity index (χ3n) is 6.06. The van der Waals surface area contributed by atoms with Crippen LogP contribution in [0.4, 0.5) is 10.2 Å². The smallest absolute Gasteiger partial charge is 0.243 e. The standard InChI is InChI=1S/C26H24FN3O2S/c1-19-8-10-20(11-9-19)24-7-2-4-21-12-13-25(28-26(21)24)29-14-16-30(17-15-29)33(31,32)23-6-3-5-22(27)18-23/h2-13,18H,14-17H2,1H3. The van der Waals surface area contributed by atoms with Crippen LogP contribution in [-0.4, -0.2) is 43.9 Å². The zero-order chi connectivity index (χ0) is 23.0. The first-order chi connectivity index (χ1) is 15.9. The third-order valence-corrected chi connectivity index (χ3v) is 7.96. The van der Waals surface area contributed by atoms with Gasteiger partial charge in [0.2, 0.25) is 10.0 Å². The number of halogens is 1. The number of piperazine rings is 1. The molecule has 7 heteroatoms.